The van der Waals surface area contributed by atoms with Gasteiger partial charge in [-0.05, 0) is 43.5 Å². The van der Waals surface area contributed by atoms with E-state index < -0.39 is 17.3 Å². The maximum Gasteiger partial charge on any atom is 0.319 e. The van der Waals surface area contributed by atoms with Crippen LogP contribution in [0.4, 0.5) is 0 Å². The minimum absolute atomic E-state index is 0.00871. The first-order chi connectivity index (χ1) is 11.4. The molecule has 24 heavy (non-hydrogen) atoms. The molecule has 0 aromatic heterocycles. The molecule has 1 amide bonds. The number of fused-ring (bicyclic) bond motifs is 1. The first kappa shape index (κ1) is 16.3. The Morgan fingerprint density at radius 1 is 1.21 bits per heavy atom. The molecular weight excluding hydrogens is 306 g/mol. The van der Waals surface area contributed by atoms with Gasteiger partial charge in [0, 0.05) is 12.1 Å². The van der Waals surface area contributed by atoms with Crippen molar-refractivity contribution in [2.24, 2.45) is 5.41 Å². The van der Waals surface area contributed by atoms with E-state index in [0.29, 0.717) is 18.6 Å². The number of aliphatic carboxylic acids is 1. The van der Waals surface area contributed by atoms with Crippen LogP contribution in [-0.2, 0) is 16.1 Å². The zero-order valence-electron chi connectivity index (χ0n) is 13.8. The van der Waals surface area contributed by atoms with Gasteiger partial charge in [0.05, 0.1) is 6.10 Å². The van der Waals surface area contributed by atoms with Gasteiger partial charge in [-0.25, -0.2) is 0 Å². The van der Waals surface area contributed by atoms with E-state index in [-0.39, 0.29) is 12.6 Å². The summed E-state index contributed by atoms with van der Waals surface area (Å²) in [6.07, 6.45) is 0.812. The summed E-state index contributed by atoms with van der Waals surface area (Å²) in [5.41, 5.74) is -0.361. The second-order valence-electron chi connectivity index (χ2n) is 6.50. The van der Waals surface area contributed by atoms with Crippen LogP contribution >= 0.6 is 0 Å². The Balaban J connectivity index is 1.89. The number of hydrogen-bond acceptors (Lipinski definition) is 3. The number of hydrogen-bond donors (Lipinski definition) is 2. The van der Waals surface area contributed by atoms with Crippen LogP contribution < -0.4 is 10.1 Å². The summed E-state index contributed by atoms with van der Waals surface area (Å²) in [5.74, 6) is -0.751. The first-order valence-electron chi connectivity index (χ1n) is 8.13. The molecule has 1 fully saturated rings. The van der Waals surface area contributed by atoms with Crippen molar-refractivity contribution in [1.82, 2.24) is 5.32 Å². The largest absolute Gasteiger partial charge is 0.491 e. The third-order valence-corrected chi connectivity index (χ3v) is 4.38. The minimum atomic E-state index is -1.23. The van der Waals surface area contributed by atoms with Crippen LogP contribution in [0.2, 0.25) is 0 Å². The van der Waals surface area contributed by atoms with Crippen LogP contribution in [0.15, 0.2) is 36.4 Å². The smallest absolute Gasteiger partial charge is 0.319 e. The first-order valence-corrected chi connectivity index (χ1v) is 8.13. The van der Waals surface area contributed by atoms with Crippen LogP contribution in [0.3, 0.4) is 0 Å². The molecule has 5 heteroatoms. The number of rotatable bonds is 6. The Hall–Kier alpha value is -2.56. The van der Waals surface area contributed by atoms with Crippen LogP contribution in [-0.4, -0.2) is 23.1 Å². The number of carbonyl (C=O) groups excluding carboxylic acids is 1. The number of ether oxygens (including phenoxy) is 1. The topological polar surface area (TPSA) is 75.6 Å². The standard InChI is InChI=1S/C19H21NO4/c1-12(2)24-16-8-7-13-5-3-4-6-14(13)15(16)11-20-17(21)19(9-10-19)18(22)23/h3-8,12H,9-11H2,1-2H3,(H,20,21)(H,22,23). The quantitative estimate of drug-likeness (QED) is 0.799. The van der Waals surface area contributed by atoms with Crippen LogP contribution in [0.5, 0.6) is 5.75 Å². The highest BCUT2D eigenvalue weighted by atomic mass is 16.5. The minimum Gasteiger partial charge on any atom is -0.491 e. The predicted octanol–water partition coefficient (Wildman–Crippen LogP) is 3.11. The number of nitrogens with one attached hydrogen (secondary N) is 1. The lowest BCUT2D eigenvalue weighted by Gasteiger charge is -2.18. The van der Waals surface area contributed by atoms with Gasteiger partial charge in [-0.15, -0.1) is 0 Å². The van der Waals surface area contributed by atoms with Crippen LogP contribution in [0, 0.1) is 5.41 Å². The average Bonchev–Trinajstić information content (AvgIpc) is 3.35. The zero-order valence-corrected chi connectivity index (χ0v) is 13.8. The summed E-state index contributed by atoms with van der Waals surface area (Å²) in [6, 6.07) is 11.8. The fraction of sp³-hybridized carbons (Fsp3) is 0.368. The Morgan fingerprint density at radius 2 is 1.92 bits per heavy atom. The molecule has 0 atom stereocenters. The van der Waals surface area contributed by atoms with Gasteiger partial charge in [0.1, 0.15) is 11.2 Å². The fourth-order valence-electron chi connectivity index (χ4n) is 2.86. The Kier molecular flexibility index (Phi) is 4.18. The summed E-state index contributed by atoms with van der Waals surface area (Å²) >= 11 is 0. The van der Waals surface area contributed by atoms with Crippen molar-refractivity contribution in [2.45, 2.75) is 39.3 Å². The van der Waals surface area contributed by atoms with Crippen molar-refractivity contribution < 1.29 is 19.4 Å². The van der Waals surface area contributed by atoms with Crippen molar-refractivity contribution in [3.8, 4) is 5.75 Å². The Morgan fingerprint density at radius 3 is 2.54 bits per heavy atom. The second-order valence-corrected chi connectivity index (χ2v) is 6.50. The monoisotopic (exact) mass is 327 g/mol. The number of carboxylic acids is 1. The maximum absolute atomic E-state index is 12.3. The van der Waals surface area contributed by atoms with Gasteiger partial charge in [-0.3, -0.25) is 9.59 Å². The van der Waals surface area contributed by atoms with Crippen molar-refractivity contribution in [2.75, 3.05) is 0 Å². The lowest BCUT2D eigenvalue weighted by Crippen LogP contribution is -2.36. The third kappa shape index (κ3) is 2.94. The highest BCUT2D eigenvalue weighted by molar-refractivity contribution is 6.05. The fourth-order valence-corrected chi connectivity index (χ4v) is 2.86. The van der Waals surface area contributed by atoms with E-state index in [1.807, 2.05) is 50.2 Å². The lowest BCUT2D eigenvalue weighted by molar-refractivity contribution is -0.149. The summed E-state index contributed by atoms with van der Waals surface area (Å²) in [7, 11) is 0. The molecular formula is C19H21NO4. The lowest BCUT2D eigenvalue weighted by atomic mass is 10.0. The van der Waals surface area contributed by atoms with Gasteiger partial charge in [0.25, 0.3) is 0 Å². The van der Waals surface area contributed by atoms with Crippen LogP contribution in [0.1, 0.15) is 32.3 Å². The van der Waals surface area contributed by atoms with Gasteiger partial charge in [0.15, 0.2) is 0 Å². The van der Waals surface area contributed by atoms with Crippen molar-refractivity contribution >= 4 is 22.6 Å². The predicted molar refractivity (Wildman–Crippen MR) is 90.9 cm³/mol. The molecule has 0 aliphatic heterocycles. The molecule has 0 heterocycles. The number of carbonyl (C=O) groups is 2. The molecule has 1 aliphatic carbocycles. The third-order valence-electron chi connectivity index (χ3n) is 4.38. The molecule has 0 unspecified atom stereocenters. The Labute approximate surface area is 140 Å². The van der Waals surface area contributed by atoms with E-state index in [1.165, 1.54) is 0 Å². The highest BCUT2D eigenvalue weighted by Crippen LogP contribution is 2.46. The van der Waals surface area contributed by atoms with Gasteiger partial charge in [-0.1, -0.05) is 30.3 Å². The number of carboxylic acid groups (broad SMARTS) is 1. The molecule has 0 radical (unpaired) electrons. The van der Waals surface area contributed by atoms with E-state index in [0.717, 1.165) is 16.3 Å². The molecule has 2 aromatic rings. The molecule has 0 saturated heterocycles. The molecule has 1 saturated carbocycles. The molecule has 3 rings (SSSR count). The molecule has 1 aliphatic rings. The maximum atomic E-state index is 12.3. The van der Waals surface area contributed by atoms with Gasteiger partial charge in [0.2, 0.25) is 5.91 Å². The van der Waals surface area contributed by atoms with Crippen molar-refractivity contribution in [3.05, 3.63) is 42.0 Å². The zero-order chi connectivity index (χ0) is 17.3. The van der Waals surface area contributed by atoms with E-state index in [2.05, 4.69) is 5.32 Å². The molecule has 5 nitrogen and oxygen atoms in total. The van der Waals surface area contributed by atoms with Gasteiger partial charge in [-0.2, -0.15) is 0 Å². The summed E-state index contributed by atoms with van der Waals surface area (Å²) in [5, 5.41) is 14.1. The van der Waals surface area contributed by atoms with Gasteiger partial charge < -0.3 is 15.2 Å². The SMILES string of the molecule is CC(C)Oc1ccc2ccccc2c1CNC(=O)C1(C(=O)O)CC1. The normalized spacial score (nSPS) is 15.3. The van der Waals surface area contributed by atoms with E-state index >= 15 is 0 Å². The van der Waals surface area contributed by atoms with Crippen molar-refractivity contribution in [1.29, 1.82) is 0 Å². The number of amides is 1. The summed E-state index contributed by atoms with van der Waals surface area (Å²) in [6.45, 7) is 4.14. The summed E-state index contributed by atoms with van der Waals surface area (Å²) in [4.78, 5) is 23.6. The van der Waals surface area contributed by atoms with E-state index in [1.54, 1.807) is 0 Å². The van der Waals surface area contributed by atoms with Crippen LogP contribution in [0.25, 0.3) is 10.8 Å². The molecule has 0 bridgehead atoms. The highest BCUT2D eigenvalue weighted by Gasteiger charge is 2.56. The molecule has 0 spiro atoms. The summed E-state index contributed by atoms with van der Waals surface area (Å²) < 4.78 is 5.87. The van der Waals surface area contributed by atoms with Crippen molar-refractivity contribution in [3.63, 3.8) is 0 Å². The van der Waals surface area contributed by atoms with E-state index in [4.69, 9.17) is 4.74 Å². The van der Waals surface area contributed by atoms with Gasteiger partial charge >= 0.3 is 5.97 Å². The average molecular weight is 327 g/mol. The molecule has 126 valence electrons. The number of benzene rings is 2. The molecule has 2 aromatic carbocycles. The Bertz CT molecular complexity index is 793. The van der Waals surface area contributed by atoms with E-state index in [9.17, 15) is 14.7 Å². The second kappa shape index (κ2) is 6.15. The molecule has 2 N–H and O–H groups in total.